The van der Waals surface area contributed by atoms with Gasteiger partial charge in [0.1, 0.15) is 11.5 Å². The Balaban J connectivity index is 2.16. The van der Waals surface area contributed by atoms with Gasteiger partial charge in [-0.3, -0.25) is 4.79 Å². The largest absolute Gasteiger partial charge is 0.508 e. The summed E-state index contributed by atoms with van der Waals surface area (Å²) in [6, 6.07) is 4.09. The molecule has 126 valence electrons. The molecule has 3 heteroatoms. The molecule has 3 nitrogen and oxygen atoms in total. The highest BCUT2D eigenvalue weighted by Gasteiger charge is 2.55. The van der Waals surface area contributed by atoms with Gasteiger partial charge in [0, 0.05) is 6.42 Å². The topological polar surface area (TPSA) is 57.5 Å². The lowest BCUT2D eigenvalue weighted by atomic mass is 9.49. The van der Waals surface area contributed by atoms with Crippen molar-refractivity contribution < 1.29 is 15.0 Å². The van der Waals surface area contributed by atoms with Crippen LogP contribution in [0.15, 0.2) is 12.1 Å². The second-order valence-corrected chi connectivity index (χ2v) is 8.23. The number of ketones is 1. The standard InChI is InChI=1S/C20H28O3/c1-12(2)14-10-15-13(9-16(14)22)5-6-17-19(15,3)8-7-18(23)20(17,4)11-21/h9-10,12,17,21-22H,5-8,11H2,1-4H3/t17-,19-,20-/m1/s1. The van der Waals surface area contributed by atoms with E-state index in [-0.39, 0.29) is 29.6 Å². The summed E-state index contributed by atoms with van der Waals surface area (Å²) in [5, 5.41) is 20.3. The first-order valence-corrected chi connectivity index (χ1v) is 8.74. The van der Waals surface area contributed by atoms with E-state index in [2.05, 4.69) is 26.8 Å². The van der Waals surface area contributed by atoms with Crippen LogP contribution in [-0.2, 0) is 16.6 Å². The Morgan fingerprint density at radius 3 is 2.57 bits per heavy atom. The van der Waals surface area contributed by atoms with Gasteiger partial charge < -0.3 is 10.2 Å². The van der Waals surface area contributed by atoms with Crippen molar-refractivity contribution >= 4 is 5.78 Å². The van der Waals surface area contributed by atoms with Crippen LogP contribution in [0.5, 0.6) is 5.75 Å². The van der Waals surface area contributed by atoms with Crippen molar-refractivity contribution in [3.05, 3.63) is 28.8 Å². The number of aliphatic hydroxyl groups is 1. The molecule has 3 atom stereocenters. The molecule has 1 fully saturated rings. The first-order chi connectivity index (χ1) is 10.7. The fraction of sp³-hybridized carbons (Fsp3) is 0.650. The van der Waals surface area contributed by atoms with Crippen LogP contribution < -0.4 is 0 Å². The van der Waals surface area contributed by atoms with Crippen LogP contribution in [-0.4, -0.2) is 22.6 Å². The number of carbonyl (C=O) groups is 1. The third-order valence-corrected chi connectivity index (χ3v) is 6.57. The molecule has 0 spiro atoms. The number of phenolic OH excluding ortho intramolecular Hbond substituents is 1. The van der Waals surface area contributed by atoms with Crippen LogP contribution in [0.2, 0.25) is 0 Å². The molecule has 0 saturated heterocycles. The summed E-state index contributed by atoms with van der Waals surface area (Å²) < 4.78 is 0. The van der Waals surface area contributed by atoms with Gasteiger partial charge in [-0.25, -0.2) is 0 Å². The molecule has 0 aliphatic heterocycles. The van der Waals surface area contributed by atoms with E-state index >= 15 is 0 Å². The number of benzene rings is 1. The Kier molecular flexibility index (Phi) is 3.83. The highest BCUT2D eigenvalue weighted by atomic mass is 16.3. The maximum atomic E-state index is 12.5. The molecule has 0 aromatic heterocycles. The average molecular weight is 316 g/mol. The van der Waals surface area contributed by atoms with Crippen molar-refractivity contribution in [3.63, 3.8) is 0 Å². The predicted octanol–water partition coefficient (Wildman–Crippen LogP) is 3.70. The van der Waals surface area contributed by atoms with Crippen LogP contribution >= 0.6 is 0 Å². The van der Waals surface area contributed by atoms with Gasteiger partial charge in [0.15, 0.2) is 0 Å². The fourth-order valence-electron chi connectivity index (χ4n) is 5.04. The highest BCUT2D eigenvalue weighted by molar-refractivity contribution is 5.86. The number of carbonyl (C=O) groups excluding carboxylic acids is 1. The third kappa shape index (κ3) is 2.24. The second kappa shape index (κ2) is 5.34. The maximum absolute atomic E-state index is 12.5. The lowest BCUT2D eigenvalue weighted by Crippen LogP contribution is -2.55. The van der Waals surface area contributed by atoms with E-state index < -0.39 is 5.41 Å². The fourth-order valence-corrected chi connectivity index (χ4v) is 5.04. The van der Waals surface area contributed by atoms with E-state index in [9.17, 15) is 15.0 Å². The molecular weight excluding hydrogens is 288 g/mol. The lowest BCUT2D eigenvalue weighted by Gasteiger charge is -2.54. The van der Waals surface area contributed by atoms with Gasteiger partial charge >= 0.3 is 0 Å². The molecule has 1 aromatic carbocycles. The van der Waals surface area contributed by atoms with Crippen LogP contribution in [0.25, 0.3) is 0 Å². The molecule has 0 amide bonds. The van der Waals surface area contributed by atoms with Gasteiger partial charge in [-0.1, -0.05) is 33.8 Å². The summed E-state index contributed by atoms with van der Waals surface area (Å²) in [6.07, 6.45) is 3.12. The van der Waals surface area contributed by atoms with Gasteiger partial charge in [-0.2, -0.15) is 0 Å². The molecule has 23 heavy (non-hydrogen) atoms. The summed E-state index contributed by atoms with van der Waals surface area (Å²) in [5.41, 5.74) is 2.73. The lowest BCUT2D eigenvalue weighted by molar-refractivity contribution is -0.142. The number of Topliss-reactive ketones (excluding diaryl/α,β-unsaturated/α-hetero) is 1. The zero-order valence-electron chi connectivity index (χ0n) is 14.6. The van der Waals surface area contributed by atoms with Crippen LogP contribution in [0.4, 0.5) is 0 Å². The predicted molar refractivity (Wildman–Crippen MR) is 90.8 cm³/mol. The van der Waals surface area contributed by atoms with E-state index in [0.29, 0.717) is 12.2 Å². The van der Waals surface area contributed by atoms with E-state index in [4.69, 9.17) is 0 Å². The van der Waals surface area contributed by atoms with Crippen molar-refractivity contribution in [1.82, 2.24) is 0 Å². The molecular formula is C20H28O3. The van der Waals surface area contributed by atoms with Crippen molar-refractivity contribution in [3.8, 4) is 5.75 Å². The molecule has 0 heterocycles. The number of rotatable bonds is 2. The van der Waals surface area contributed by atoms with E-state index in [1.807, 2.05) is 13.0 Å². The number of phenols is 1. The summed E-state index contributed by atoms with van der Waals surface area (Å²) >= 11 is 0. The van der Waals surface area contributed by atoms with Crippen molar-refractivity contribution in [2.45, 2.75) is 64.7 Å². The maximum Gasteiger partial charge on any atom is 0.141 e. The molecule has 0 bridgehead atoms. The Labute approximate surface area is 138 Å². The summed E-state index contributed by atoms with van der Waals surface area (Å²) in [7, 11) is 0. The van der Waals surface area contributed by atoms with E-state index in [0.717, 1.165) is 24.8 Å². The monoisotopic (exact) mass is 316 g/mol. The minimum atomic E-state index is -0.638. The Bertz CT molecular complexity index is 649. The smallest absolute Gasteiger partial charge is 0.141 e. The Morgan fingerprint density at radius 2 is 1.96 bits per heavy atom. The number of aryl methyl sites for hydroxylation is 1. The van der Waals surface area contributed by atoms with E-state index in [1.165, 1.54) is 11.1 Å². The molecule has 1 saturated carbocycles. The summed E-state index contributed by atoms with van der Waals surface area (Å²) in [5.74, 6) is 1.02. The molecule has 1 aromatic rings. The van der Waals surface area contributed by atoms with Gasteiger partial charge in [0.05, 0.1) is 12.0 Å². The Morgan fingerprint density at radius 1 is 1.26 bits per heavy atom. The third-order valence-electron chi connectivity index (χ3n) is 6.57. The number of hydrogen-bond donors (Lipinski definition) is 2. The van der Waals surface area contributed by atoms with Crippen LogP contribution in [0.3, 0.4) is 0 Å². The van der Waals surface area contributed by atoms with Crippen molar-refractivity contribution in [2.24, 2.45) is 11.3 Å². The molecule has 2 N–H and O–H groups in total. The van der Waals surface area contributed by atoms with Crippen molar-refractivity contribution in [1.29, 1.82) is 0 Å². The molecule has 0 radical (unpaired) electrons. The highest BCUT2D eigenvalue weighted by Crippen LogP contribution is 2.56. The van der Waals surface area contributed by atoms with Gasteiger partial charge in [0.25, 0.3) is 0 Å². The van der Waals surface area contributed by atoms with Crippen LogP contribution in [0.1, 0.15) is 69.6 Å². The number of aliphatic hydroxyl groups excluding tert-OH is 1. The zero-order chi connectivity index (χ0) is 17.0. The molecule has 2 aliphatic rings. The zero-order valence-corrected chi connectivity index (χ0v) is 14.6. The molecule has 3 rings (SSSR count). The number of hydrogen-bond acceptors (Lipinski definition) is 3. The van der Waals surface area contributed by atoms with Gasteiger partial charge in [0.2, 0.25) is 0 Å². The van der Waals surface area contributed by atoms with Crippen molar-refractivity contribution in [2.75, 3.05) is 6.61 Å². The number of aromatic hydroxyl groups is 1. The summed E-state index contributed by atoms with van der Waals surface area (Å²) in [4.78, 5) is 12.5. The minimum absolute atomic E-state index is 0.0729. The van der Waals surface area contributed by atoms with Crippen LogP contribution in [0, 0.1) is 11.3 Å². The normalized spacial score (nSPS) is 33.5. The van der Waals surface area contributed by atoms with Gasteiger partial charge in [-0.05, 0) is 59.3 Å². The number of fused-ring (bicyclic) bond motifs is 3. The first kappa shape index (κ1) is 16.5. The Hall–Kier alpha value is -1.35. The first-order valence-electron chi connectivity index (χ1n) is 8.74. The average Bonchev–Trinajstić information content (AvgIpc) is 2.50. The molecule has 2 aliphatic carbocycles. The quantitative estimate of drug-likeness (QED) is 0.874. The summed E-state index contributed by atoms with van der Waals surface area (Å²) in [6.45, 7) is 8.29. The van der Waals surface area contributed by atoms with E-state index in [1.54, 1.807) is 0 Å². The minimum Gasteiger partial charge on any atom is -0.508 e. The molecule has 0 unspecified atom stereocenters. The second-order valence-electron chi connectivity index (χ2n) is 8.23. The van der Waals surface area contributed by atoms with Gasteiger partial charge in [-0.15, -0.1) is 0 Å². The SMILES string of the molecule is CC(C)c1cc2c(cc1O)CC[C@H]1[C@@](C)(CO)C(=O)CC[C@]21C.